The number of halogens is 4. The summed E-state index contributed by atoms with van der Waals surface area (Å²) < 4.78 is 27.4. The molecular weight excluding hydrogens is 360 g/mol. The molecule has 1 heterocycles. The number of benzene rings is 1. The van der Waals surface area contributed by atoms with Crippen molar-refractivity contribution in [3.8, 4) is 0 Å². The Bertz CT molecular complexity index is 636. The van der Waals surface area contributed by atoms with Crippen molar-refractivity contribution in [3.63, 3.8) is 0 Å². The van der Waals surface area contributed by atoms with Gasteiger partial charge >= 0.3 is 0 Å². The van der Waals surface area contributed by atoms with Crippen LogP contribution < -0.4 is 5.32 Å². The fraction of sp³-hybridized carbons (Fsp3) is 0.0833. The van der Waals surface area contributed by atoms with Crippen LogP contribution in [0.2, 0.25) is 5.02 Å². The van der Waals surface area contributed by atoms with Gasteiger partial charge in [-0.1, -0.05) is 27.5 Å². The molecule has 1 aromatic carbocycles. The number of carbonyl (C=O) groups excluding carboxylic acids is 1. The van der Waals surface area contributed by atoms with E-state index in [4.69, 9.17) is 11.6 Å². The van der Waals surface area contributed by atoms with Crippen molar-refractivity contribution in [1.29, 1.82) is 0 Å². The largest absolute Gasteiger partial charge is 0.316 e. The maximum absolute atomic E-state index is 13.6. The highest BCUT2D eigenvalue weighted by Crippen LogP contribution is 2.29. The smallest absolute Gasteiger partial charge is 0.267 e. The lowest BCUT2D eigenvalue weighted by atomic mass is 10.2. The zero-order chi connectivity index (χ0) is 14.2. The maximum Gasteiger partial charge on any atom is 0.267 e. The summed E-state index contributed by atoms with van der Waals surface area (Å²) >= 11 is 10.0. The quantitative estimate of drug-likeness (QED) is 0.796. The summed E-state index contributed by atoms with van der Waals surface area (Å²) in [5.74, 6) is -2.35. The normalized spacial score (nSPS) is 10.6. The molecule has 1 amide bonds. The van der Waals surface area contributed by atoms with Crippen LogP contribution in [0.5, 0.6) is 0 Å². The average molecular weight is 367 g/mol. The second-order valence-corrected chi connectivity index (χ2v) is 5.93. The van der Waals surface area contributed by atoms with Crippen molar-refractivity contribution in [2.75, 3.05) is 5.32 Å². The fourth-order valence-electron chi connectivity index (χ4n) is 1.41. The number of hydrogen-bond acceptors (Lipinski definition) is 2. The van der Waals surface area contributed by atoms with Gasteiger partial charge in [-0.15, -0.1) is 11.3 Å². The Hall–Kier alpha value is -0.980. The third-order valence-electron chi connectivity index (χ3n) is 2.35. The Balaban J connectivity index is 2.32. The first-order valence-corrected chi connectivity index (χ1v) is 7.14. The van der Waals surface area contributed by atoms with Crippen LogP contribution >= 0.6 is 38.9 Å². The number of amides is 1. The molecule has 0 aliphatic carbocycles. The first kappa shape index (κ1) is 14.4. The number of nitrogens with one attached hydrogen (secondary N) is 1. The molecule has 0 fully saturated rings. The van der Waals surface area contributed by atoms with E-state index in [1.807, 2.05) is 0 Å². The Labute approximate surface area is 125 Å². The number of rotatable bonds is 2. The lowest BCUT2D eigenvalue weighted by Crippen LogP contribution is -2.13. The highest BCUT2D eigenvalue weighted by Gasteiger charge is 2.18. The van der Waals surface area contributed by atoms with E-state index in [1.165, 1.54) is 0 Å². The Morgan fingerprint density at radius 3 is 2.42 bits per heavy atom. The van der Waals surface area contributed by atoms with Gasteiger partial charge in [-0.3, -0.25) is 4.79 Å². The van der Waals surface area contributed by atoms with Crippen LogP contribution in [0.4, 0.5) is 14.5 Å². The van der Waals surface area contributed by atoms with Gasteiger partial charge in [-0.2, -0.15) is 0 Å². The lowest BCUT2D eigenvalue weighted by Gasteiger charge is -2.07. The first-order valence-electron chi connectivity index (χ1n) is 5.09. The molecule has 2 rings (SSSR count). The summed E-state index contributed by atoms with van der Waals surface area (Å²) in [6.07, 6.45) is 0. The number of anilines is 1. The fourth-order valence-corrected chi connectivity index (χ4v) is 2.99. The molecule has 0 aliphatic rings. The summed E-state index contributed by atoms with van der Waals surface area (Å²) in [6.45, 7) is 1.75. The molecule has 1 N–H and O–H groups in total. The molecule has 0 radical (unpaired) electrons. The number of hydrogen-bond donors (Lipinski definition) is 1. The van der Waals surface area contributed by atoms with Crippen LogP contribution in [0.25, 0.3) is 0 Å². The van der Waals surface area contributed by atoms with Crippen molar-refractivity contribution >= 4 is 50.5 Å². The summed E-state index contributed by atoms with van der Waals surface area (Å²) in [7, 11) is 0. The molecule has 0 saturated carbocycles. The van der Waals surface area contributed by atoms with Crippen molar-refractivity contribution in [2.24, 2.45) is 0 Å². The van der Waals surface area contributed by atoms with Crippen molar-refractivity contribution in [1.82, 2.24) is 0 Å². The first-order chi connectivity index (χ1) is 8.90. The molecule has 1 aromatic heterocycles. The van der Waals surface area contributed by atoms with Crippen LogP contribution in [0, 0.1) is 18.6 Å². The molecule has 0 spiro atoms. The van der Waals surface area contributed by atoms with Crippen LogP contribution in [-0.4, -0.2) is 5.91 Å². The molecule has 0 saturated heterocycles. The average Bonchev–Trinajstić information content (AvgIpc) is 2.64. The molecule has 0 aliphatic heterocycles. The minimum atomic E-state index is -0.857. The zero-order valence-electron chi connectivity index (χ0n) is 9.56. The lowest BCUT2D eigenvalue weighted by molar-refractivity contribution is 0.102. The second-order valence-electron chi connectivity index (χ2n) is 3.76. The molecule has 100 valence electrons. The molecule has 19 heavy (non-hydrogen) atoms. The van der Waals surface area contributed by atoms with Gasteiger partial charge in [0.15, 0.2) is 11.6 Å². The van der Waals surface area contributed by atoms with Crippen molar-refractivity contribution in [2.45, 2.75) is 6.92 Å². The predicted octanol–water partition coefficient (Wildman–Crippen LogP) is 5.00. The molecule has 0 unspecified atom stereocenters. The molecule has 0 atom stereocenters. The SMILES string of the molecule is Cc1csc(C(=O)Nc2c(F)cc(Br)cc2F)c1Cl. The molecule has 7 heteroatoms. The number of aryl methyl sites for hydroxylation is 1. The van der Waals surface area contributed by atoms with Gasteiger partial charge in [-0.25, -0.2) is 8.78 Å². The van der Waals surface area contributed by atoms with Crippen LogP contribution in [-0.2, 0) is 0 Å². The van der Waals surface area contributed by atoms with Crippen molar-refractivity contribution < 1.29 is 13.6 Å². The topological polar surface area (TPSA) is 29.1 Å². The van der Waals surface area contributed by atoms with Gasteiger partial charge in [0.1, 0.15) is 10.6 Å². The van der Waals surface area contributed by atoms with E-state index in [2.05, 4.69) is 21.2 Å². The molecule has 0 bridgehead atoms. The summed E-state index contributed by atoms with van der Waals surface area (Å²) in [5, 5.41) is 4.18. The highest BCUT2D eigenvalue weighted by molar-refractivity contribution is 9.10. The zero-order valence-corrected chi connectivity index (χ0v) is 12.7. The summed E-state index contributed by atoms with van der Waals surface area (Å²) in [5.41, 5.74) is 0.254. The monoisotopic (exact) mass is 365 g/mol. The van der Waals surface area contributed by atoms with Gasteiger partial charge in [0, 0.05) is 4.47 Å². The number of thiophene rings is 1. The second kappa shape index (κ2) is 5.56. The van der Waals surface area contributed by atoms with Gasteiger partial charge in [0.2, 0.25) is 0 Å². The van der Waals surface area contributed by atoms with Gasteiger partial charge in [0.05, 0.1) is 5.02 Å². The minimum absolute atomic E-state index is 0.223. The standard InChI is InChI=1S/C12H7BrClF2NOS/c1-5-4-19-11(9(5)14)12(18)17-10-7(15)2-6(13)3-8(10)16/h2-4H,1H3,(H,17,18). The van der Waals surface area contributed by atoms with Crippen LogP contribution in [0.1, 0.15) is 15.2 Å². The summed E-state index contributed by atoms with van der Waals surface area (Å²) in [4.78, 5) is 12.1. The van der Waals surface area contributed by atoms with Gasteiger partial charge in [0.25, 0.3) is 5.91 Å². The highest BCUT2D eigenvalue weighted by atomic mass is 79.9. The Kier molecular flexibility index (Phi) is 4.23. The maximum atomic E-state index is 13.6. The van der Waals surface area contributed by atoms with E-state index in [9.17, 15) is 13.6 Å². The van der Waals surface area contributed by atoms with E-state index >= 15 is 0 Å². The van der Waals surface area contributed by atoms with E-state index in [0.717, 1.165) is 29.0 Å². The van der Waals surface area contributed by atoms with E-state index in [1.54, 1.807) is 12.3 Å². The Morgan fingerprint density at radius 2 is 1.95 bits per heavy atom. The molecule has 2 nitrogen and oxygen atoms in total. The van der Waals surface area contributed by atoms with Gasteiger partial charge in [-0.05, 0) is 30.0 Å². The van der Waals surface area contributed by atoms with E-state index in [-0.39, 0.29) is 9.35 Å². The number of carbonyl (C=O) groups is 1. The minimum Gasteiger partial charge on any atom is -0.316 e. The van der Waals surface area contributed by atoms with Gasteiger partial charge < -0.3 is 5.32 Å². The van der Waals surface area contributed by atoms with Crippen LogP contribution in [0.3, 0.4) is 0 Å². The van der Waals surface area contributed by atoms with Crippen molar-refractivity contribution in [3.05, 3.63) is 49.1 Å². The predicted molar refractivity (Wildman–Crippen MR) is 76.1 cm³/mol. The van der Waals surface area contributed by atoms with E-state index in [0.29, 0.717) is 5.02 Å². The van der Waals surface area contributed by atoms with Crippen LogP contribution in [0.15, 0.2) is 22.0 Å². The Morgan fingerprint density at radius 1 is 1.37 bits per heavy atom. The third-order valence-corrected chi connectivity index (χ3v) is 4.50. The molecule has 2 aromatic rings. The molecular formula is C12H7BrClF2NOS. The third kappa shape index (κ3) is 2.96. The van der Waals surface area contributed by atoms with E-state index < -0.39 is 23.2 Å². The summed E-state index contributed by atoms with van der Waals surface area (Å²) in [6, 6.07) is 2.14.